The van der Waals surface area contributed by atoms with E-state index in [0.717, 1.165) is 12.2 Å². The minimum absolute atomic E-state index is 0.0945. The van der Waals surface area contributed by atoms with E-state index >= 15 is 0 Å². The highest BCUT2D eigenvalue weighted by atomic mass is 16.1. The summed E-state index contributed by atoms with van der Waals surface area (Å²) in [4.78, 5) is 11.9. The first-order valence-electron chi connectivity index (χ1n) is 7.67. The molecule has 0 saturated heterocycles. The largest absolute Gasteiger partial charge is 0.351 e. The summed E-state index contributed by atoms with van der Waals surface area (Å²) in [5.74, 6) is 0.463. The molecule has 1 heterocycles. The number of amides is 1. The summed E-state index contributed by atoms with van der Waals surface area (Å²) in [5.41, 5.74) is 0.773. The Hall–Kier alpha value is -1.39. The minimum Gasteiger partial charge on any atom is -0.351 e. The van der Waals surface area contributed by atoms with Crippen LogP contribution in [0.2, 0.25) is 0 Å². The van der Waals surface area contributed by atoms with E-state index in [2.05, 4.69) is 36.4 Å². The molecule has 0 unspecified atom stereocenters. The van der Waals surface area contributed by atoms with Gasteiger partial charge in [-0.1, -0.05) is 39.8 Å². The monoisotopic (exact) mass is 294 g/mol. The van der Waals surface area contributed by atoms with Crippen LogP contribution >= 0.6 is 0 Å². The Morgan fingerprint density at radius 3 is 2.43 bits per heavy atom. The fourth-order valence-electron chi connectivity index (χ4n) is 2.28. The number of carbonyl (C=O) groups is 1. The van der Waals surface area contributed by atoms with Crippen molar-refractivity contribution in [3.05, 3.63) is 11.9 Å². The van der Waals surface area contributed by atoms with Gasteiger partial charge in [0.25, 0.3) is 0 Å². The van der Waals surface area contributed by atoms with Gasteiger partial charge in [-0.25, -0.2) is 0 Å². The van der Waals surface area contributed by atoms with E-state index in [1.807, 2.05) is 38.6 Å². The van der Waals surface area contributed by atoms with Crippen molar-refractivity contribution < 1.29 is 4.79 Å². The maximum atomic E-state index is 11.9. The van der Waals surface area contributed by atoms with Crippen LogP contribution in [0.1, 0.15) is 60.6 Å². The molecule has 1 aromatic rings. The zero-order valence-electron chi connectivity index (χ0n) is 14.5. The van der Waals surface area contributed by atoms with Crippen molar-refractivity contribution in [3.8, 4) is 0 Å². The fraction of sp³-hybridized carbons (Fsp3) is 0.812. The lowest BCUT2D eigenvalue weighted by Gasteiger charge is -2.25. The van der Waals surface area contributed by atoms with Crippen molar-refractivity contribution in [1.82, 2.24) is 20.3 Å². The van der Waals surface area contributed by atoms with Crippen LogP contribution in [0.25, 0.3) is 0 Å². The summed E-state index contributed by atoms with van der Waals surface area (Å²) in [6.07, 6.45) is 3.21. The lowest BCUT2D eigenvalue weighted by atomic mass is 9.96. The van der Waals surface area contributed by atoms with Crippen molar-refractivity contribution >= 4 is 5.91 Å². The van der Waals surface area contributed by atoms with E-state index < -0.39 is 0 Å². The number of nitrogens with one attached hydrogen (secondary N) is 1. The Balaban J connectivity index is 2.61. The van der Waals surface area contributed by atoms with Crippen LogP contribution in [0.4, 0.5) is 0 Å². The third-order valence-corrected chi connectivity index (χ3v) is 2.92. The van der Waals surface area contributed by atoms with Gasteiger partial charge in [0.2, 0.25) is 5.91 Å². The topological polar surface area (TPSA) is 59.8 Å². The maximum absolute atomic E-state index is 11.9. The predicted molar refractivity (Wildman–Crippen MR) is 84.9 cm³/mol. The number of hydrogen-bond acceptors (Lipinski definition) is 3. The quantitative estimate of drug-likeness (QED) is 0.877. The van der Waals surface area contributed by atoms with Crippen molar-refractivity contribution in [3.63, 3.8) is 0 Å². The molecule has 0 saturated carbocycles. The first-order chi connectivity index (χ1) is 9.47. The van der Waals surface area contributed by atoms with E-state index in [9.17, 15) is 4.79 Å². The SMILES string of the molecule is CC(C)CC(=O)NC(C)(C)Cc1cn(CC(C)(C)C)nn1. The van der Waals surface area contributed by atoms with Crippen molar-refractivity contribution in [2.24, 2.45) is 11.3 Å². The lowest BCUT2D eigenvalue weighted by molar-refractivity contribution is -0.123. The van der Waals surface area contributed by atoms with E-state index in [-0.39, 0.29) is 16.9 Å². The molecule has 0 fully saturated rings. The molecule has 0 aromatic carbocycles. The Bertz CT molecular complexity index is 469. The van der Waals surface area contributed by atoms with Gasteiger partial charge < -0.3 is 5.32 Å². The standard InChI is InChI=1S/C16H30N4O/c1-12(2)8-14(21)17-16(6,7)9-13-10-20(19-18-13)11-15(3,4)5/h10,12H,8-9,11H2,1-7H3,(H,17,21). The first kappa shape index (κ1) is 17.7. The van der Waals surface area contributed by atoms with Crippen molar-refractivity contribution in [1.29, 1.82) is 0 Å². The summed E-state index contributed by atoms with van der Waals surface area (Å²) in [6, 6.07) is 0. The smallest absolute Gasteiger partial charge is 0.220 e. The van der Waals surface area contributed by atoms with E-state index in [4.69, 9.17) is 0 Å². The van der Waals surface area contributed by atoms with E-state index in [0.29, 0.717) is 18.8 Å². The first-order valence-corrected chi connectivity index (χ1v) is 7.67. The molecule has 120 valence electrons. The highest BCUT2D eigenvalue weighted by molar-refractivity contribution is 5.76. The highest BCUT2D eigenvalue weighted by Gasteiger charge is 2.23. The van der Waals surface area contributed by atoms with Gasteiger partial charge in [0.15, 0.2) is 0 Å². The van der Waals surface area contributed by atoms with Gasteiger partial charge in [0.05, 0.1) is 5.69 Å². The van der Waals surface area contributed by atoms with E-state index in [1.54, 1.807) is 0 Å². The minimum atomic E-state index is -0.311. The predicted octanol–water partition coefficient (Wildman–Crippen LogP) is 2.81. The second-order valence-corrected chi connectivity index (χ2v) is 8.17. The van der Waals surface area contributed by atoms with Gasteiger partial charge in [-0.05, 0) is 25.2 Å². The molecule has 0 aliphatic rings. The molecule has 21 heavy (non-hydrogen) atoms. The van der Waals surface area contributed by atoms with Crippen molar-refractivity contribution in [2.45, 2.75) is 73.4 Å². The van der Waals surface area contributed by atoms with Crippen molar-refractivity contribution in [2.75, 3.05) is 0 Å². The second kappa shape index (κ2) is 6.58. The molecular formula is C16H30N4O. The van der Waals surface area contributed by atoms with Crippen LogP contribution in [0.5, 0.6) is 0 Å². The summed E-state index contributed by atoms with van der Waals surface area (Å²) in [7, 11) is 0. The van der Waals surface area contributed by atoms with Crippen LogP contribution in [0.3, 0.4) is 0 Å². The van der Waals surface area contributed by atoms with E-state index in [1.165, 1.54) is 0 Å². The summed E-state index contributed by atoms with van der Waals surface area (Å²) >= 11 is 0. The summed E-state index contributed by atoms with van der Waals surface area (Å²) < 4.78 is 1.88. The molecular weight excluding hydrogens is 264 g/mol. The summed E-state index contributed by atoms with van der Waals surface area (Å²) in [5, 5.41) is 11.5. The average molecular weight is 294 g/mol. The van der Waals surface area contributed by atoms with Gasteiger partial charge in [-0.15, -0.1) is 5.10 Å². The zero-order valence-corrected chi connectivity index (χ0v) is 14.5. The number of rotatable bonds is 6. The highest BCUT2D eigenvalue weighted by Crippen LogP contribution is 2.17. The van der Waals surface area contributed by atoms with Gasteiger partial charge in [-0.3, -0.25) is 9.48 Å². The Kier molecular flexibility index (Phi) is 5.54. The zero-order chi connectivity index (χ0) is 16.3. The molecule has 0 spiro atoms. The van der Waals surface area contributed by atoms with Crippen LogP contribution in [-0.2, 0) is 17.8 Å². The van der Waals surface area contributed by atoms with Gasteiger partial charge >= 0.3 is 0 Å². The van der Waals surface area contributed by atoms with Crippen LogP contribution in [0.15, 0.2) is 6.20 Å². The van der Waals surface area contributed by atoms with Crippen LogP contribution in [0, 0.1) is 11.3 Å². The molecule has 0 atom stereocenters. The van der Waals surface area contributed by atoms with Gasteiger partial charge in [0.1, 0.15) is 0 Å². The molecule has 1 aromatic heterocycles. The third-order valence-electron chi connectivity index (χ3n) is 2.92. The Morgan fingerprint density at radius 1 is 1.29 bits per heavy atom. The number of hydrogen-bond donors (Lipinski definition) is 1. The van der Waals surface area contributed by atoms with Gasteiger partial charge in [-0.2, -0.15) is 0 Å². The average Bonchev–Trinajstić information content (AvgIpc) is 2.58. The number of carbonyl (C=O) groups excluding carboxylic acids is 1. The van der Waals surface area contributed by atoms with Crippen LogP contribution in [-0.4, -0.2) is 26.4 Å². The molecule has 1 rings (SSSR count). The molecule has 0 radical (unpaired) electrons. The lowest BCUT2D eigenvalue weighted by Crippen LogP contribution is -2.45. The Labute approximate surface area is 128 Å². The normalized spacial score (nSPS) is 12.8. The molecule has 0 aliphatic carbocycles. The second-order valence-electron chi connectivity index (χ2n) is 8.17. The third kappa shape index (κ3) is 7.25. The Morgan fingerprint density at radius 2 is 1.90 bits per heavy atom. The molecule has 0 bridgehead atoms. The number of nitrogens with zero attached hydrogens (tertiary/aromatic N) is 3. The van der Waals surface area contributed by atoms with Gasteiger partial charge in [0, 0.05) is 31.1 Å². The van der Waals surface area contributed by atoms with Crippen LogP contribution < -0.4 is 5.32 Å². The molecule has 0 aliphatic heterocycles. The molecule has 1 amide bonds. The molecule has 1 N–H and O–H groups in total. The fourth-order valence-corrected chi connectivity index (χ4v) is 2.28. The number of aromatic nitrogens is 3. The molecule has 5 heteroatoms. The maximum Gasteiger partial charge on any atom is 0.220 e. The summed E-state index contributed by atoms with van der Waals surface area (Å²) in [6.45, 7) is 15.5. The molecule has 5 nitrogen and oxygen atoms in total.